The predicted octanol–water partition coefficient (Wildman–Crippen LogP) is 7.76. The molecule has 0 unspecified atom stereocenters. The van der Waals surface area contributed by atoms with E-state index < -0.39 is 0 Å². The summed E-state index contributed by atoms with van der Waals surface area (Å²) in [5.41, 5.74) is 6.61. The molecule has 0 saturated carbocycles. The van der Waals surface area contributed by atoms with Crippen LogP contribution in [0.5, 0.6) is 23.0 Å². The first-order valence-electron chi connectivity index (χ1n) is 15.2. The van der Waals surface area contributed by atoms with Crippen LogP contribution in [0.25, 0.3) is 32.9 Å². The molecule has 0 N–H and O–H groups in total. The second-order valence-corrected chi connectivity index (χ2v) is 12.2. The van der Waals surface area contributed by atoms with Gasteiger partial charge in [0.05, 0.1) is 24.4 Å². The van der Waals surface area contributed by atoms with Crippen molar-refractivity contribution in [3.05, 3.63) is 101 Å². The van der Waals surface area contributed by atoms with Crippen LogP contribution in [0.2, 0.25) is 0 Å². The van der Waals surface area contributed by atoms with Crippen molar-refractivity contribution in [2.75, 3.05) is 53.9 Å². The Morgan fingerprint density at radius 2 is 1.42 bits per heavy atom. The first-order chi connectivity index (χ1) is 22.0. The minimum absolute atomic E-state index is 0.497. The Bertz CT molecular complexity index is 1760. The summed E-state index contributed by atoms with van der Waals surface area (Å²) in [5.74, 6) is 3.21. The van der Waals surface area contributed by atoms with Crippen molar-refractivity contribution in [3.63, 3.8) is 0 Å². The topological polar surface area (TPSA) is 56.3 Å². The highest BCUT2D eigenvalue weighted by Gasteiger charge is 2.18. The van der Waals surface area contributed by atoms with E-state index in [0.29, 0.717) is 13.5 Å². The normalized spacial score (nSPS) is 14.2. The van der Waals surface area contributed by atoms with E-state index in [9.17, 15) is 0 Å². The van der Waals surface area contributed by atoms with Crippen molar-refractivity contribution in [1.82, 2.24) is 14.8 Å². The zero-order valence-electron chi connectivity index (χ0n) is 26.3. The van der Waals surface area contributed by atoms with Gasteiger partial charge in [-0.3, -0.25) is 9.80 Å². The zero-order valence-corrected chi connectivity index (χ0v) is 27.1. The molecule has 1 saturated heterocycles. The van der Waals surface area contributed by atoms with Gasteiger partial charge in [-0.25, -0.2) is 4.98 Å². The van der Waals surface area contributed by atoms with Crippen LogP contribution in [0.15, 0.2) is 78.9 Å². The Labute approximate surface area is 269 Å². The summed E-state index contributed by atoms with van der Waals surface area (Å²) in [6.45, 7) is 8.82. The molecule has 0 spiro atoms. The fourth-order valence-electron chi connectivity index (χ4n) is 5.35. The van der Waals surface area contributed by atoms with E-state index in [2.05, 4.69) is 78.3 Å². The van der Waals surface area contributed by atoms with Crippen molar-refractivity contribution in [1.29, 1.82) is 0 Å². The average molecular weight is 622 g/mol. The average Bonchev–Trinajstić information content (AvgIpc) is 3.52. The second-order valence-electron chi connectivity index (χ2n) is 11.2. The fraction of sp³-hybridized carbons (Fsp3) is 0.270. The Kier molecular flexibility index (Phi) is 9.64. The number of rotatable bonds is 11. The quantitative estimate of drug-likeness (QED) is 0.140. The first-order valence-corrected chi connectivity index (χ1v) is 16.0. The largest absolute Gasteiger partial charge is 0.496 e. The molecular formula is C37H39N3O4S. The number of nitrogens with zero attached hydrogens (tertiary/aromatic N) is 3. The molecule has 0 bridgehead atoms. The van der Waals surface area contributed by atoms with E-state index in [4.69, 9.17) is 23.9 Å². The van der Waals surface area contributed by atoms with Gasteiger partial charge in [0.15, 0.2) is 11.5 Å². The zero-order chi connectivity index (χ0) is 31.2. The van der Waals surface area contributed by atoms with Gasteiger partial charge in [-0.2, -0.15) is 0 Å². The van der Waals surface area contributed by atoms with Gasteiger partial charge < -0.3 is 18.9 Å². The van der Waals surface area contributed by atoms with Gasteiger partial charge in [-0.1, -0.05) is 48.6 Å². The van der Waals surface area contributed by atoms with Crippen LogP contribution in [-0.2, 0) is 0 Å². The summed E-state index contributed by atoms with van der Waals surface area (Å²) in [6.07, 6.45) is 4.18. The van der Waals surface area contributed by atoms with Crippen molar-refractivity contribution in [2.24, 2.45) is 0 Å². The highest BCUT2D eigenvalue weighted by Crippen LogP contribution is 2.32. The number of hydrogen-bond acceptors (Lipinski definition) is 8. The highest BCUT2D eigenvalue weighted by molar-refractivity contribution is 7.21. The molecule has 1 aliphatic rings. The maximum atomic E-state index is 6.27. The standard InChI is InChI=1S/C37H39N3O4S/c1-26-20-29(22-34(42-4)27(26)2)13-12-28-14-15-33(41-3)35(21-28)44-25-40-18-16-39(17-19-40)24-43-31-9-7-8-30(23-31)37-38-32-10-5-6-11-36(32)45-37/h5-15,20-23H,16-19,24-25H2,1-4H3/b13-12-. The number of hydrogen-bond donors (Lipinski definition) is 0. The third-order valence-corrected chi connectivity index (χ3v) is 9.26. The van der Waals surface area contributed by atoms with E-state index in [1.807, 2.05) is 36.4 Å². The molecule has 5 aromatic rings. The first kappa shape index (κ1) is 30.6. The number of aryl methyl sites for hydroxylation is 1. The minimum Gasteiger partial charge on any atom is -0.496 e. The summed E-state index contributed by atoms with van der Waals surface area (Å²) in [6, 6.07) is 26.7. The number of fused-ring (bicyclic) bond motifs is 1. The number of methoxy groups -OCH3 is 2. The monoisotopic (exact) mass is 621 g/mol. The van der Waals surface area contributed by atoms with Gasteiger partial charge in [-0.05, 0) is 78.6 Å². The number of thiazole rings is 1. The summed E-state index contributed by atoms with van der Waals surface area (Å²) in [5, 5.41) is 1.01. The molecule has 1 fully saturated rings. The summed E-state index contributed by atoms with van der Waals surface area (Å²) in [7, 11) is 3.38. The number of benzene rings is 4. The summed E-state index contributed by atoms with van der Waals surface area (Å²) >= 11 is 1.70. The number of ether oxygens (including phenoxy) is 4. The van der Waals surface area contributed by atoms with Gasteiger partial charge >= 0.3 is 0 Å². The van der Waals surface area contributed by atoms with E-state index in [1.165, 1.54) is 10.3 Å². The lowest BCUT2D eigenvalue weighted by Crippen LogP contribution is -2.48. The molecule has 0 atom stereocenters. The molecule has 1 aromatic heterocycles. The van der Waals surface area contributed by atoms with Gasteiger partial charge in [0.25, 0.3) is 0 Å². The van der Waals surface area contributed by atoms with Crippen LogP contribution >= 0.6 is 11.3 Å². The molecule has 45 heavy (non-hydrogen) atoms. The Hall–Kier alpha value is -4.37. The van der Waals surface area contributed by atoms with Crippen LogP contribution < -0.4 is 18.9 Å². The lowest BCUT2D eigenvalue weighted by atomic mass is 10.0. The Balaban J connectivity index is 1.00. The maximum absolute atomic E-state index is 6.27. The third-order valence-electron chi connectivity index (χ3n) is 8.17. The van der Waals surface area contributed by atoms with Crippen molar-refractivity contribution in [2.45, 2.75) is 13.8 Å². The predicted molar refractivity (Wildman–Crippen MR) is 184 cm³/mol. The van der Waals surface area contributed by atoms with Gasteiger partial charge in [0.1, 0.15) is 30.0 Å². The Morgan fingerprint density at radius 1 is 0.711 bits per heavy atom. The molecule has 2 heterocycles. The number of para-hydroxylation sites is 1. The molecule has 0 aliphatic carbocycles. The summed E-state index contributed by atoms with van der Waals surface area (Å²) in [4.78, 5) is 9.43. The van der Waals surface area contributed by atoms with Crippen LogP contribution in [0.4, 0.5) is 0 Å². The van der Waals surface area contributed by atoms with E-state index in [1.54, 1.807) is 25.6 Å². The molecule has 0 radical (unpaired) electrons. The molecular weight excluding hydrogens is 582 g/mol. The molecule has 7 nitrogen and oxygen atoms in total. The summed E-state index contributed by atoms with van der Waals surface area (Å²) < 4.78 is 24.8. The number of aromatic nitrogens is 1. The van der Waals surface area contributed by atoms with Gasteiger partial charge in [0.2, 0.25) is 0 Å². The van der Waals surface area contributed by atoms with Crippen LogP contribution in [0, 0.1) is 13.8 Å². The Morgan fingerprint density at radius 3 is 2.18 bits per heavy atom. The van der Waals surface area contributed by atoms with Crippen LogP contribution in [0.1, 0.15) is 22.3 Å². The van der Waals surface area contributed by atoms with Gasteiger partial charge in [0, 0.05) is 31.7 Å². The molecule has 232 valence electrons. The van der Waals surface area contributed by atoms with E-state index in [0.717, 1.165) is 82.0 Å². The van der Waals surface area contributed by atoms with Gasteiger partial charge in [-0.15, -0.1) is 11.3 Å². The van der Waals surface area contributed by atoms with E-state index in [-0.39, 0.29) is 0 Å². The lowest BCUT2D eigenvalue weighted by molar-refractivity contribution is 0.0325. The lowest BCUT2D eigenvalue weighted by Gasteiger charge is -2.34. The van der Waals surface area contributed by atoms with Crippen molar-refractivity contribution < 1.29 is 18.9 Å². The SMILES string of the molecule is COc1ccc(/C=C\c2cc(C)c(C)c(OC)c2)cc1OCN1CCN(COc2cccc(-c3nc4ccccc4s3)c2)CC1. The van der Waals surface area contributed by atoms with Crippen molar-refractivity contribution in [3.8, 4) is 33.6 Å². The fourth-order valence-corrected chi connectivity index (χ4v) is 6.32. The van der Waals surface area contributed by atoms with Crippen LogP contribution in [-0.4, -0.2) is 68.6 Å². The number of piperazine rings is 1. The molecule has 4 aromatic carbocycles. The molecule has 1 aliphatic heterocycles. The molecule has 6 rings (SSSR count). The highest BCUT2D eigenvalue weighted by atomic mass is 32.1. The molecule has 8 heteroatoms. The smallest absolute Gasteiger partial charge is 0.163 e. The molecule has 0 amide bonds. The second kappa shape index (κ2) is 14.2. The maximum Gasteiger partial charge on any atom is 0.163 e. The van der Waals surface area contributed by atoms with Crippen LogP contribution in [0.3, 0.4) is 0 Å². The van der Waals surface area contributed by atoms with Crippen molar-refractivity contribution >= 4 is 33.7 Å². The minimum atomic E-state index is 0.497. The van der Waals surface area contributed by atoms with E-state index >= 15 is 0 Å². The third kappa shape index (κ3) is 7.48.